The minimum absolute atomic E-state index is 0.148. The number of likely N-dealkylation sites (tertiary alicyclic amines) is 1. The number of hydrogen-bond donors (Lipinski definition) is 0. The number of carbonyl (C=O) groups is 1. The maximum absolute atomic E-state index is 14.3. The first-order valence-corrected chi connectivity index (χ1v) is 15.3. The molecular formula is C32H40FN7O2. The van der Waals surface area contributed by atoms with Crippen molar-refractivity contribution < 1.29 is 13.9 Å². The lowest BCUT2D eigenvalue weighted by atomic mass is 9.88. The van der Waals surface area contributed by atoms with Gasteiger partial charge in [-0.3, -0.25) is 4.79 Å². The fraction of sp³-hybridized carbons (Fsp3) is 0.562. The van der Waals surface area contributed by atoms with Crippen LogP contribution in [-0.4, -0.2) is 90.2 Å². The first kappa shape index (κ1) is 28.4. The van der Waals surface area contributed by atoms with Crippen LogP contribution >= 0.6 is 0 Å². The van der Waals surface area contributed by atoms with Crippen LogP contribution in [0.1, 0.15) is 48.9 Å². The van der Waals surface area contributed by atoms with Crippen molar-refractivity contribution in [2.45, 2.75) is 69.5 Å². The molecule has 10 heteroatoms. The molecule has 2 fully saturated rings. The number of hydrogen-bond acceptors (Lipinski definition) is 8. The molecule has 2 aromatic rings. The number of piperazine rings is 1. The molecule has 0 radical (unpaired) electrons. The molecule has 0 spiro atoms. The summed E-state index contributed by atoms with van der Waals surface area (Å²) in [7, 11) is 2.13. The highest BCUT2D eigenvalue weighted by molar-refractivity contribution is 5.87. The number of benzene rings is 1. The fourth-order valence-electron chi connectivity index (χ4n) is 7.20. The Labute approximate surface area is 247 Å². The standard InChI is InChI=1S/C32H40FN7O2/c1-3-30(41)40-17-16-38(20-25(40)12-13-34)31-27-11-10-24(39-15-4-6-22-8-9-23(33)18-29(22)39)19-28(27)35-32(36-31)42-21-26-7-5-14-37(26)2/h3,8-9,18,24-26H,1,4-7,10-12,14-17,19-21H2,2H3/t24-,25-,26-/m0/s1. The third-order valence-electron chi connectivity index (χ3n) is 9.49. The number of rotatable bonds is 7. The van der Waals surface area contributed by atoms with Gasteiger partial charge < -0.3 is 24.3 Å². The Balaban J connectivity index is 1.30. The minimum Gasteiger partial charge on any atom is -0.462 e. The molecule has 222 valence electrons. The summed E-state index contributed by atoms with van der Waals surface area (Å²) in [6.45, 7) is 7.78. The van der Waals surface area contributed by atoms with Gasteiger partial charge in [0.25, 0.3) is 0 Å². The second-order valence-corrected chi connectivity index (χ2v) is 12.0. The number of nitrogens with zero attached hydrogens (tertiary/aromatic N) is 7. The highest BCUT2D eigenvalue weighted by atomic mass is 19.1. The zero-order valence-electron chi connectivity index (χ0n) is 24.5. The van der Waals surface area contributed by atoms with Crippen molar-refractivity contribution in [3.05, 3.63) is 53.5 Å². The van der Waals surface area contributed by atoms with Crippen molar-refractivity contribution in [3.63, 3.8) is 0 Å². The normalized spacial score (nSPS) is 24.1. The minimum atomic E-state index is -0.243. The van der Waals surface area contributed by atoms with Gasteiger partial charge in [-0.1, -0.05) is 12.6 Å². The molecule has 2 saturated heterocycles. The highest BCUT2D eigenvalue weighted by Gasteiger charge is 2.35. The van der Waals surface area contributed by atoms with E-state index in [1.54, 1.807) is 17.0 Å². The van der Waals surface area contributed by atoms with E-state index in [9.17, 15) is 14.4 Å². The molecule has 1 aromatic heterocycles. The Kier molecular flexibility index (Phi) is 8.29. The van der Waals surface area contributed by atoms with E-state index in [0.717, 1.165) is 80.8 Å². The Bertz CT molecular complexity index is 1380. The van der Waals surface area contributed by atoms with Crippen molar-refractivity contribution >= 4 is 17.4 Å². The maximum atomic E-state index is 14.3. The van der Waals surface area contributed by atoms with E-state index < -0.39 is 0 Å². The van der Waals surface area contributed by atoms with Gasteiger partial charge in [0.15, 0.2) is 0 Å². The second-order valence-electron chi connectivity index (χ2n) is 12.0. The van der Waals surface area contributed by atoms with E-state index in [0.29, 0.717) is 38.3 Å². The average Bonchev–Trinajstić information content (AvgIpc) is 3.43. The summed E-state index contributed by atoms with van der Waals surface area (Å²) in [5, 5.41) is 9.51. The van der Waals surface area contributed by atoms with Crippen LogP contribution < -0.4 is 14.5 Å². The van der Waals surface area contributed by atoms with Gasteiger partial charge in [0, 0.05) is 55.9 Å². The van der Waals surface area contributed by atoms with Crippen LogP contribution in [0, 0.1) is 17.1 Å². The molecule has 0 saturated carbocycles. The van der Waals surface area contributed by atoms with Crippen molar-refractivity contribution in [3.8, 4) is 12.1 Å². The van der Waals surface area contributed by atoms with Gasteiger partial charge in [-0.25, -0.2) is 4.39 Å². The quantitative estimate of drug-likeness (QED) is 0.465. The zero-order chi connectivity index (χ0) is 29.2. The van der Waals surface area contributed by atoms with Crippen LogP contribution in [0.3, 0.4) is 0 Å². The van der Waals surface area contributed by atoms with Gasteiger partial charge >= 0.3 is 6.01 Å². The average molecular weight is 574 g/mol. The number of anilines is 2. The molecule has 42 heavy (non-hydrogen) atoms. The molecule has 0 unspecified atom stereocenters. The fourth-order valence-corrected chi connectivity index (χ4v) is 7.20. The Morgan fingerprint density at radius 3 is 2.83 bits per heavy atom. The van der Waals surface area contributed by atoms with Crippen LogP contribution in [0.5, 0.6) is 6.01 Å². The number of carbonyl (C=O) groups excluding carboxylic acids is 1. The smallest absolute Gasteiger partial charge is 0.318 e. The summed E-state index contributed by atoms with van der Waals surface area (Å²) >= 11 is 0. The number of ether oxygens (including phenoxy) is 1. The lowest BCUT2D eigenvalue weighted by Gasteiger charge is -2.43. The summed E-state index contributed by atoms with van der Waals surface area (Å²) < 4.78 is 20.6. The van der Waals surface area contributed by atoms with Crippen molar-refractivity contribution in [1.29, 1.82) is 5.26 Å². The van der Waals surface area contributed by atoms with Crippen LogP contribution in [0.4, 0.5) is 15.9 Å². The van der Waals surface area contributed by atoms with Crippen molar-refractivity contribution in [1.82, 2.24) is 19.8 Å². The molecule has 4 heterocycles. The van der Waals surface area contributed by atoms with Gasteiger partial charge in [0.1, 0.15) is 18.2 Å². The summed E-state index contributed by atoms with van der Waals surface area (Å²) in [6, 6.07) is 8.12. The highest BCUT2D eigenvalue weighted by Crippen LogP contribution is 2.37. The molecule has 1 aromatic carbocycles. The van der Waals surface area contributed by atoms with Gasteiger partial charge in [0.05, 0.1) is 24.2 Å². The van der Waals surface area contributed by atoms with Crippen LogP contribution in [-0.2, 0) is 24.1 Å². The number of aromatic nitrogens is 2. The summed E-state index contributed by atoms with van der Waals surface area (Å²) in [5.41, 5.74) is 4.31. The third-order valence-corrected chi connectivity index (χ3v) is 9.49. The molecule has 6 rings (SSSR count). The first-order chi connectivity index (χ1) is 20.4. The molecule has 1 aliphatic carbocycles. The molecule has 4 aliphatic rings. The second kappa shape index (κ2) is 12.3. The summed E-state index contributed by atoms with van der Waals surface area (Å²) in [4.78, 5) is 31.1. The molecular weight excluding hydrogens is 533 g/mol. The number of likely N-dealkylation sites (N-methyl/N-ethyl adjacent to an activating group) is 1. The lowest BCUT2D eigenvalue weighted by Crippen LogP contribution is -2.55. The van der Waals surface area contributed by atoms with Crippen LogP contribution in [0.25, 0.3) is 0 Å². The number of aryl methyl sites for hydroxylation is 1. The molecule has 3 atom stereocenters. The Morgan fingerprint density at radius 1 is 1.17 bits per heavy atom. The number of nitriles is 1. The van der Waals surface area contributed by atoms with Gasteiger partial charge in [-0.15, -0.1) is 0 Å². The van der Waals surface area contributed by atoms with Crippen molar-refractivity contribution in [2.75, 3.05) is 56.2 Å². The van der Waals surface area contributed by atoms with Gasteiger partial charge in [-0.05, 0) is 75.9 Å². The monoisotopic (exact) mass is 573 g/mol. The third kappa shape index (κ3) is 5.67. The zero-order valence-corrected chi connectivity index (χ0v) is 24.5. The van der Waals surface area contributed by atoms with Crippen LogP contribution in [0.15, 0.2) is 30.9 Å². The lowest BCUT2D eigenvalue weighted by molar-refractivity contribution is -0.128. The SMILES string of the molecule is C=CC(=O)N1CCN(c2nc(OC[C@@H]3CCCN3C)nc3c2CC[C@H](N2CCCc4ccc(F)cc42)C3)C[C@@H]1CC#N. The molecule has 0 bridgehead atoms. The molecule has 1 amide bonds. The number of halogens is 1. The largest absolute Gasteiger partial charge is 0.462 e. The van der Waals surface area contributed by atoms with E-state index >= 15 is 0 Å². The summed E-state index contributed by atoms with van der Waals surface area (Å²) in [5.74, 6) is 0.507. The molecule has 9 nitrogen and oxygen atoms in total. The first-order valence-electron chi connectivity index (χ1n) is 15.3. The topological polar surface area (TPSA) is 88.8 Å². The summed E-state index contributed by atoms with van der Waals surface area (Å²) in [6.07, 6.45) is 8.30. The van der Waals surface area contributed by atoms with Crippen LogP contribution in [0.2, 0.25) is 0 Å². The van der Waals surface area contributed by atoms with E-state index in [1.165, 1.54) is 11.6 Å². The van der Waals surface area contributed by atoms with E-state index in [4.69, 9.17) is 14.7 Å². The Hall–Kier alpha value is -3.71. The predicted molar refractivity (Wildman–Crippen MR) is 159 cm³/mol. The molecule has 3 aliphatic heterocycles. The number of fused-ring (bicyclic) bond motifs is 2. The van der Waals surface area contributed by atoms with E-state index in [-0.39, 0.29) is 30.2 Å². The predicted octanol–water partition coefficient (Wildman–Crippen LogP) is 3.52. The van der Waals surface area contributed by atoms with Gasteiger partial charge in [-0.2, -0.15) is 15.2 Å². The van der Waals surface area contributed by atoms with E-state index in [1.807, 2.05) is 6.07 Å². The molecule has 0 N–H and O–H groups in total. The van der Waals surface area contributed by atoms with E-state index in [2.05, 4.69) is 34.4 Å². The van der Waals surface area contributed by atoms with Crippen molar-refractivity contribution in [2.24, 2.45) is 0 Å². The maximum Gasteiger partial charge on any atom is 0.318 e. The Morgan fingerprint density at radius 2 is 2.05 bits per heavy atom. The number of amides is 1. The van der Waals surface area contributed by atoms with Gasteiger partial charge in [0.2, 0.25) is 5.91 Å².